The molecule has 2 N–H and O–H groups in total. The second-order valence-corrected chi connectivity index (χ2v) is 9.20. The number of aromatic nitrogens is 5. The Labute approximate surface area is 202 Å². The third-order valence-electron chi connectivity index (χ3n) is 7.20. The number of pyridine rings is 1. The van der Waals surface area contributed by atoms with E-state index in [1.54, 1.807) is 17.8 Å². The van der Waals surface area contributed by atoms with Crippen LogP contribution in [0.25, 0.3) is 27.9 Å². The Morgan fingerprint density at radius 3 is 2.91 bits per heavy atom. The molecular weight excluding hydrogens is 446 g/mol. The summed E-state index contributed by atoms with van der Waals surface area (Å²) in [6.07, 6.45) is 9.49. The van der Waals surface area contributed by atoms with Gasteiger partial charge in [0.25, 0.3) is 5.91 Å². The number of nitrogens with zero attached hydrogens (tertiary/aromatic N) is 5. The quantitative estimate of drug-likeness (QED) is 0.441. The number of hydrogen-bond acceptors (Lipinski definition) is 7. The van der Waals surface area contributed by atoms with Crippen molar-refractivity contribution in [2.24, 2.45) is 0 Å². The minimum absolute atomic E-state index is 0.0103. The predicted molar refractivity (Wildman–Crippen MR) is 132 cm³/mol. The number of anilines is 1. The lowest BCUT2D eigenvalue weighted by Gasteiger charge is -2.35. The molecule has 1 amide bonds. The van der Waals surface area contributed by atoms with Gasteiger partial charge in [0.15, 0.2) is 5.65 Å². The molecule has 1 saturated heterocycles. The highest BCUT2D eigenvalue weighted by Gasteiger charge is 2.33. The van der Waals surface area contributed by atoms with Crippen LogP contribution in [0.5, 0.6) is 0 Å². The van der Waals surface area contributed by atoms with E-state index in [4.69, 9.17) is 14.5 Å². The molecule has 2 fully saturated rings. The van der Waals surface area contributed by atoms with Crippen molar-refractivity contribution >= 4 is 28.4 Å². The Hall–Kier alpha value is -3.50. The van der Waals surface area contributed by atoms with E-state index in [2.05, 4.69) is 37.5 Å². The Bertz CT molecular complexity index is 1390. The van der Waals surface area contributed by atoms with E-state index in [9.17, 15) is 4.79 Å². The van der Waals surface area contributed by atoms with Crippen molar-refractivity contribution in [3.63, 3.8) is 0 Å². The van der Waals surface area contributed by atoms with E-state index >= 15 is 0 Å². The predicted octanol–water partition coefficient (Wildman–Crippen LogP) is 3.05. The first-order valence-corrected chi connectivity index (χ1v) is 12.1. The molecular formula is C25H29N7O3. The van der Waals surface area contributed by atoms with Crippen LogP contribution in [0.1, 0.15) is 42.1 Å². The molecule has 6 rings (SSSR count). The summed E-state index contributed by atoms with van der Waals surface area (Å²) in [6.45, 7) is 1.47. The Balaban J connectivity index is 1.44. The summed E-state index contributed by atoms with van der Waals surface area (Å²) in [7, 11) is 3.51. The topological polar surface area (TPSA) is 108 Å². The van der Waals surface area contributed by atoms with Gasteiger partial charge in [0.05, 0.1) is 36.7 Å². The first-order valence-electron chi connectivity index (χ1n) is 12.1. The van der Waals surface area contributed by atoms with Crippen LogP contribution in [-0.4, -0.2) is 69.6 Å². The van der Waals surface area contributed by atoms with Crippen molar-refractivity contribution in [2.45, 2.75) is 43.9 Å². The van der Waals surface area contributed by atoms with Gasteiger partial charge in [-0.05, 0) is 37.8 Å². The fourth-order valence-electron chi connectivity index (χ4n) is 5.11. The molecule has 0 spiro atoms. The van der Waals surface area contributed by atoms with Gasteiger partial charge < -0.3 is 24.7 Å². The summed E-state index contributed by atoms with van der Waals surface area (Å²) in [6, 6.07) is 6.20. The SMILES string of the molecule is CNc1cc(-c2cn([C@@H]3CCCOC3)c3ncccc23)nc2c(C(=O)N[C@H]3CC[C@@H]3OC)cnn12. The molecule has 0 bridgehead atoms. The third kappa shape index (κ3) is 3.73. The van der Waals surface area contributed by atoms with Crippen LogP contribution in [0.2, 0.25) is 0 Å². The molecule has 182 valence electrons. The summed E-state index contributed by atoms with van der Waals surface area (Å²) >= 11 is 0. The zero-order valence-electron chi connectivity index (χ0n) is 19.9. The maximum absolute atomic E-state index is 13.1. The smallest absolute Gasteiger partial charge is 0.257 e. The average Bonchev–Trinajstić information content (AvgIpc) is 3.49. The molecule has 0 unspecified atom stereocenters. The molecule has 1 aliphatic carbocycles. The Kier molecular flexibility index (Phi) is 5.62. The standard InChI is InChI=1S/C25H29N7O3/c1-26-22-11-20(18-13-31(15-5-4-10-35-14-15)23-16(18)6-3-9-27-23)29-24-17(12-28-32(22)24)25(33)30-19-7-8-21(19)34-2/h3,6,9,11-13,15,19,21,26H,4-5,7-8,10,14H2,1-2H3,(H,30,33)/t15-,19+,21+/m1/s1. The van der Waals surface area contributed by atoms with Crippen molar-refractivity contribution in [3.8, 4) is 11.3 Å². The van der Waals surface area contributed by atoms with E-state index in [0.29, 0.717) is 17.8 Å². The number of amides is 1. The number of carbonyl (C=O) groups is 1. The van der Waals surface area contributed by atoms with Gasteiger partial charge in [-0.3, -0.25) is 4.79 Å². The fraction of sp³-hybridized carbons (Fsp3) is 0.440. The maximum Gasteiger partial charge on any atom is 0.257 e. The normalized spacial score (nSPS) is 22.3. The lowest BCUT2D eigenvalue weighted by Crippen LogP contribution is -2.51. The van der Waals surface area contributed by atoms with E-state index in [-0.39, 0.29) is 24.1 Å². The molecule has 2 aliphatic rings. The zero-order valence-corrected chi connectivity index (χ0v) is 19.9. The van der Waals surface area contributed by atoms with Gasteiger partial charge in [-0.2, -0.15) is 9.61 Å². The molecule has 0 aromatic carbocycles. The number of ether oxygens (including phenoxy) is 2. The molecule has 10 heteroatoms. The van der Waals surface area contributed by atoms with E-state index in [0.717, 1.165) is 60.4 Å². The van der Waals surface area contributed by atoms with Crippen LogP contribution < -0.4 is 10.6 Å². The highest BCUT2D eigenvalue weighted by atomic mass is 16.5. The zero-order chi connectivity index (χ0) is 23.9. The van der Waals surface area contributed by atoms with Crippen LogP contribution in [-0.2, 0) is 9.47 Å². The molecule has 4 aromatic heterocycles. The molecule has 5 heterocycles. The Morgan fingerprint density at radius 1 is 1.26 bits per heavy atom. The average molecular weight is 476 g/mol. The van der Waals surface area contributed by atoms with E-state index in [1.165, 1.54) is 0 Å². The summed E-state index contributed by atoms with van der Waals surface area (Å²) in [4.78, 5) is 22.8. The van der Waals surface area contributed by atoms with Crippen molar-refractivity contribution < 1.29 is 14.3 Å². The monoisotopic (exact) mass is 475 g/mol. The molecule has 10 nitrogen and oxygen atoms in total. The molecule has 4 aromatic rings. The van der Waals surface area contributed by atoms with E-state index in [1.807, 2.05) is 25.4 Å². The van der Waals surface area contributed by atoms with Gasteiger partial charge in [-0.1, -0.05) is 0 Å². The largest absolute Gasteiger partial charge is 0.379 e. The number of methoxy groups -OCH3 is 1. The number of fused-ring (bicyclic) bond motifs is 2. The lowest BCUT2D eigenvalue weighted by atomic mass is 9.89. The first-order chi connectivity index (χ1) is 17.2. The number of carbonyl (C=O) groups excluding carboxylic acids is 1. The number of rotatable bonds is 6. The Morgan fingerprint density at radius 2 is 2.17 bits per heavy atom. The molecule has 0 radical (unpaired) electrons. The molecule has 1 saturated carbocycles. The third-order valence-corrected chi connectivity index (χ3v) is 7.20. The van der Waals surface area contributed by atoms with Crippen LogP contribution in [0, 0.1) is 0 Å². The molecule has 3 atom stereocenters. The summed E-state index contributed by atoms with van der Waals surface area (Å²) in [5.74, 6) is 0.551. The second kappa shape index (κ2) is 8.94. The van der Waals surface area contributed by atoms with Gasteiger partial charge in [0.2, 0.25) is 0 Å². The summed E-state index contributed by atoms with van der Waals surface area (Å²) in [5, 5.41) is 11.7. The van der Waals surface area contributed by atoms with Gasteiger partial charge in [0, 0.05) is 50.2 Å². The fourth-order valence-corrected chi connectivity index (χ4v) is 5.11. The van der Waals surface area contributed by atoms with Crippen molar-refractivity contribution in [2.75, 3.05) is 32.7 Å². The minimum Gasteiger partial charge on any atom is -0.379 e. The highest BCUT2D eigenvalue weighted by molar-refractivity contribution is 6.01. The van der Waals surface area contributed by atoms with Crippen LogP contribution >= 0.6 is 0 Å². The highest BCUT2D eigenvalue weighted by Crippen LogP contribution is 2.34. The van der Waals surface area contributed by atoms with Crippen molar-refractivity contribution in [1.29, 1.82) is 0 Å². The molecule has 1 aliphatic heterocycles. The maximum atomic E-state index is 13.1. The van der Waals surface area contributed by atoms with Crippen molar-refractivity contribution in [1.82, 2.24) is 29.5 Å². The van der Waals surface area contributed by atoms with Gasteiger partial charge >= 0.3 is 0 Å². The minimum atomic E-state index is -0.193. The van der Waals surface area contributed by atoms with Crippen LogP contribution in [0.15, 0.2) is 36.8 Å². The lowest BCUT2D eigenvalue weighted by molar-refractivity contribution is 0.00732. The van der Waals surface area contributed by atoms with Gasteiger partial charge in [-0.15, -0.1) is 0 Å². The van der Waals surface area contributed by atoms with Gasteiger partial charge in [-0.25, -0.2) is 9.97 Å². The van der Waals surface area contributed by atoms with Crippen molar-refractivity contribution in [3.05, 3.63) is 42.4 Å². The molecule has 35 heavy (non-hydrogen) atoms. The summed E-state index contributed by atoms with van der Waals surface area (Å²) < 4.78 is 15.1. The van der Waals surface area contributed by atoms with Crippen LogP contribution in [0.3, 0.4) is 0 Å². The van der Waals surface area contributed by atoms with Crippen LogP contribution in [0.4, 0.5) is 5.82 Å². The van der Waals surface area contributed by atoms with E-state index < -0.39 is 0 Å². The number of hydrogen-bond donors (Lipinski definition) is 2. The van der Waals surface area contributed by atoms with Gasteiger partial charge in [0.1, 0.15) is 17.0 Å². The summed E-state index contributed by atoms with van der Waals surface area (Å²) in [5.41, 5.74) is 3.57. The first kappa shape index (κ1) is 22.0. The number of nitrogens with one attached hydrogen (secondary N) is 2. The second-order valence-electron chi connectivity index (χ2n) is 9.20.